The second-order valence-corrected chi connectivity index (χ2v) is 10.5. The molecule has 0 aliphatic rings. The lowest BCUT2D eigenvalue weighted by Gasteiger charge is -2.19. The number of hydrogen-bond acceptors (Lipinski definition) is 8. The van der Waals surface area contributed by atoms with Gasteiger partial charge in [0.15, 0.2) is 5.65 Å². The van der Waals surface area contributed by atoms with Crippen LogP contribution in [-0.2, 0) is 26.6 Å². The maximum absolute atomic E-state index is 13.2. The minimum Gasteiger partial charge on any atom is -0.467 e. The van der Waals surface area contributed by atoms with E-state index >= 15 is 0 Å². The molecule has 0 radical (unpaired) electrons. The van der Waals surface area contributed by atoms with E-state index in [-0.39, 0.29) is 5.91 Å². The fraction of sp³-hybridized carbons (Fsp3) is 0.296. The Labute approximate surface area is 224 Å². The number of thioether (sulfide) groups is 2. The smallest absolute Gasteiger partial charge is 0.329 e. The molecule has 0 spiro atoms. The van der Waals surface area contributed by atoms with Crippen LogP contribution in [0.15, 0.2) is 72.4 Å². The van der Waals surface area contributed by atoms with Crippen LogP contribution < -0.4 is 5.32 Å². The minimum atomic E-state index is -0.752. The van der Waals surface area contributed by atoms with Gasteiger partial charge in [0.05, 0.1) is 17.9 Å². The van der Waals surface area contributed by atoms with Gasteiger partial charge in [-0.2, -0.15) is 11.8 Å². The van der Waals surface area contributed by atoms with E-state index in [0.717, 1.165) is 22.2 Å². The predicted octanol–water partition coefficient (Wildman–Crippen LogP) is 4.63. The van der Waals surface area contributed by atoms with Crippen LogP contribution in [0.4, 0.5) is 0 Å². The number of allylic oxidation sites excluding steroid dienone is 1. The summed E-state index contributed by atoms with van der Waals surface area (Å²) in [4.78, 5) is 30.3. The first-order chi connectivity index (χ1) is 18.0. The van der Waals surface area contributed by atoms with Crippen LogP contribution in [0.2, 0.25) is 0 Å². The number of benzene rings is 2. The molecule has 4 aromatic rings. The molecule has 8 nitrogen and oxygen atoms in total. The van der Waals surface area contributed by atoms with E-state index in [1.807, 2.05) is 72.2 Å². The Bertz CT molecular complexity index is 1390. The number of methoxy groups -OCH3 is 1. The van der Waals surface area contributed by atoms with Gasteiger partial charge in [0, 0.05) is 23.4 Å². The Morgan fingerprint density at radius 2 is 1.89 bits per heavy atom. The number of amides is 1. The highest BCUT2D eigenvalue weighted by atomic mass is 32.2. The number of ether oxygens (including phenoxy) is 1. The zero-order valence-corrected chi connectivity index (χ0v) is 22.4. The lowest BCUT2D eigenvalue weighted by Crippen LogP contribution is -2.46. The summed E-state index contributed by atoms with van der Waals surface area (Å²) in [5, 5.41) is 12.5. The average Bonchev–Trinajstić information content (AvgIpc) is 3.24. The zero-order valence-electron chi connectivity index (χ0n) is 20.8. The van der Waals surface area contributed by atoms with Crippen molar-refractivity contribution in [3.8, 4) is 0 Å². The fourth-order valence-electron chi connectivity index (χ4n) is 3.95. The molecule has 10 heteroatoms. The van der Waals surface area contributed by atoms with Crippen LogP contribution in [0.1, 0.15) is 18.9 Å². The third kappa shape index (κ3) is 6.31. The van der Waals surface area contributed by atoms with Crippen molar-refractivity contribution >= 4 is 57.5 Å². The van der Waals surface area contributed by atoms with Crippen molar-refractivity contribution < 1.29 is 14.3 Å². The Kier molecular flexibility index (Phi) is 9.19. The summed E-state index contributed by atoms with van der Waals surface area (Å²) in [6, 6.07) is 17.2. The highest BCUT2D eigenvalue weighted by Crippen LogP contribution is 2.29. The number of carbonyl (C=O) groups excluding carboxylic acids is 2. The first kappa shape index (κ1) is 26.7. The Hall–Kier alpha value is -3.37. The van der Waals surface area contributed by atoms with Gasteiger partial charge in [-0.05, 0) is 18.1 Å². The Balaban J connectivity index is 1.48. The van der Waals surface area contributed by atoms with Crippen LogP contribution in [0.3, 0.4) is 0 Å². The predicted molar refractivity (Wildman–Crippen MR) is 150 cm³/mol. The van der Waals surface area contributed by atoms with E-state index in [4.69, 9.17) is 9.72 Å². The van der Waals surface area contributed by atoms with E-state index in [9.17, 15) is 9.59 Å². The summed E-state index contributed by atoms with van der Waals surface area (Å²) >= 11 is 2.80. The molecule has 0 fully saturated rings. The van der Waals surface area contributed by atoms with Crippen molar-refractivity contribution in [1.82, 2.24) is 25.1 Å². The number of carbonyl (C=O) groups is 2. The van der Waals surface area contributed by atoms with Crippen molar-refractivity contribution in [3.63, 3.8) is 0 Å². The van der Waals surface area contributed by atoms with Gasteiger partial charge in [0.2, 0.25) is 11.1 Å². The minimum absolute atomic E-state index is 0.265. The molecule has 37 heavy (non-hydrogen) atoms. The number of para-hydroxylation sites is 1. The topological polar surface area (TPSA) is 99.0 Å². The highest BCUT2D eigenvalue weighted by Gasteiger charge is 2.27. The molecule has 192 valence electrons. The molecule has 0 saturated carbocycles. The van der Waals surface area contributed by atoms with Gasteiger partial charge < -0.3 is 14.6 Å². The van der Waals surface area contributed by atoms with E-state index in [2.05, 4.69) is 22.1 Å². The summed E-state index contributed by atoms with van der Waals surface area (Å²) in [5.74, 6) is 0.398. The Morgan fingerprint density at radius 1 is 1.14 bits per heavy atom. The monoisotopic (exact) mass is 535 g/mol. The molecule has 0 aliphatic heterocycles. The van der Waals surface area contributed by atoms with E-state index in [1.54, 1.807) is 11.8 Å². The van der Waals surface area contributed by atoms with Gasteiger partial charge in [-0.1, -0.05) is 73.3 Å². The normalized spacial score (nSPS) is 12.8. The summed E-state index contributed by atoms with van der Waals surface area (Å²) in [6.45, 7) is 6.35. The first-order valence-corrected chi connectivity index (χ1v) is 14.0. The molecular weight excluding hydrogens is 506 g/mol. The van der Waals surface area contributed by atoms with Crippen molar-refractivity contribution in [2.24, 2.45) is 0 Å². The fourth-order valence-corrected chi connectivity index (χ4v) is 5.77. The molecule has 0 bridgehead atoms. The third-order valence-electron chi connectivity index (χ3n) is 5.78. The first-order valence-electron chi connectivity index (χ1n) is 11.9. The molecule has 1 N–H and O–H groups in total. The summed E-state index contributed by atoms with van der Waals surface area (Å²) in [7, 11) is 1.33. The van der Waals surface area contributed by atoms with Gasteiger partial charge in [-0.25, -0.2) is 9.78 Å². The van der Waals surface area contributed by atoms with E-state index < -0.39 is 17.3 Å². The molecule has 2 aromatic carbocycles. The number of hydrogen-bond donors (Lipinski definition) is 1. The summed E-state index contributed by atoms with van der Waals surface area (Å²) < 4.78 is 6.98. The van der Waals surface area contributed by atoms with Crippen molar-refractivity contribution in [3.05, 3.63) is 72.8 Å². The third-order valence-corrected chi connectivity index (χ3v) is 8.10. The van der Waals surface area contributed by atoms with E-state index in [0.29, 0.717) is 35.0 Å². The quantitative estimate of drug-likeness (QED) is 0.159. The van der Waals surface area contributed by atoms with Crippen LogP contribution in [0, 0.1) is 0 Å². The molecule has 0 aliphatic carbocycles. The molecule has 0 saturated heterocycles. The van der Waals surface area contributed by atoms with Crippen LogP contribution in [0.25, 0.3) is 22.1 Å². The lowest BCUT2D eigenvalue weighted by atomic mass is 10.2. The number of esters is 1. The maximum atomic E-state index is 13.2. The summed E-state index contributed by atoms with van der Waals surface area (Å²) in [6.07, 6.45) is 2.34. The van der Waals surface area contributed by atoms with Crippen molar-refractivity contribution in [2.45, 2.75) is 42.1 Å². The van der Waals surface area contributed by atoms with E-state index in [1.165, 1.54) is 18.9 Å². The molecule has 2 atom stereocenters. The van der Waals surface area contributed by atoms with Gasteiger partial charge in [0.25, 0.3) is 0 Å². The molecule has 2 heterocycles. The second-order valence-electron chi connectivity index (χ2n) is 8.28. The standard InChI is InChI=1S/C27H29N5O3S2/c1-4-15-32-21-14-10-9-13-19(21)23-24(32)29-27(31-30-23)37-22(5-2)25(33)28-20(26(34)35-3)17-36-16-18-11-7-6-8-12-18/h4,6-14,20,22H,1,5,15-17H2,2-3H3,(H,28,33). The second kappa shape index (κ2) is 12.7. The Morgan fingerprint density at radius 3 is 2.62 bits per heavy atom. The molecule has 2 unspecified atom stereocenters. The number of fused-ring (bicyclic) bond motifs is 3. The van der Waals surface area contributed by atoms with Crippen LogP contribution in [-0.4, -0.2) is 55.8 Å². The SMILES string of the molecule is C=CCn1c2ccccc2c2nnc(SC(CC)C(=O)NC(CSCc3ccccc3)C(=O)OC)nc21. The largest absolute Gasteiger partial charge is 0.467 e. The number of nitrogens with one attached hydrogen (secondary N) is 1. The maximum Gasteiger partial charge on any atom is 0.329 e. The molecule has 4 rings (SSSR count). The number of nitrogens with zero attached hydrogens (tertiary/aromatic N) is 4. The van der Waals surface area contributed by atoms with Crippen molar-refractivity contribution in [2.75, 3.05) is 12.9 Å². The number of rotatable bonds is 12. The van der Waals surface area contributed by atoms with Crippen LogP contribution >= 0.6 is 23.5 Å². The van der Waals surface area contributed by atoms with Crippen LogP contribution in [0.5, 0.6) is 0 Å². The molecular formula is C27H29N5O3S2. The molecule has 2 aromatic heterocycles. The van der Waals surface area contributed by atoms with Crippen molar-refractivity contribution in [1.29, 1.82) is 0 Å². The molecule has 1 amide bonds. The summed E-state index contributed by atoms with van der Waals surface area (Å²) in [5.41, 5.74) is 3.55. The van der Waals surface area contributed by atoms with Gasteiger partial charge in [-0.15, -0.1) is 16.8 Å². The number of aromatic nitrogens is 4. The van der Waals surface area contributed by atoms with Gasteiger partial charge >= 0.3 is 5.97 Å². The zero-order chi connectivity index (χ0) is 26.2. The lowest BCUT2D eigenvalue weighted by molar-refractivity contribution is -0.144. The van der Waals surface area contributed by atoms with Gasteiger partial charge in [0.1, 0.15) is 11.6 Å². The highest BCUT2D eigenvalue weighted by molar-refractivity contribution is 8.00. The average molecular weight is 536 g/mol. The van der Waals surface area contributed by atoms with Gasteiger partial charge in [-0.3, -0.25) is 4.79 Å².